The lowest BCUT2D eigenvalue weighted by molar-refractivity contribution is 0.541. The fraction of sp³-hybridized carbons (Fsp3) is 0.571. The van der Waals surface area contributed by atoms with E-state index in [1.807, 2.05) is 18.8 Å². The summed E-state index contributed by atoms with van der Waals surface area (Å²) >= 11 is 1.97. The number of benzene rings is 1. The molecule has 0 saturated heterocycles. The van der Waals surface area contributed by atoms with Gasteiger partial charge in [-0.3, -0.25) is 0 Å². The van der Waals surface area contributed by atoms with E-state index in [4.69, 9.17) is 0 Å². The Balaban J connectivity index is 2.72. The van der Waals surface area contributed by atoms with E-state index in [0.29, 0.717) is 11.3 Å². The van der Waals surface area contributed by atoms with Gasteiger partial charge in [-0.25, -0.2) is 0 Å². The van der Waals surface area contributed by atoms with Crippen LogP contribution in [-0.2, 0) is 0 Å². The molecule has 0 fully saturated rings. The minimum absolute atomic E-state index is 0.589. The van der Waals surface area contributed by atoms with Gasteiger partial charge < -0.3 is 5.32 Å². The fourth-order valence-corrected chi connectivity index (χ4v) is 3.27. The third-order valence-corrected chi connectivity index (χ3v) is 4.43. The molecule has 0 aromatic heterocycles. The summed E-state index contributed by atoms with van der Waals surface area (Å²) in [6, 6.07) is 7.29. The van der Waals surface area contributed by atoms with Gasteiger partial charge in [-0.15, -0.1) is 11.8 Å². The summed E-state index contributed by atoms with van der Waals surface area (Å²) in [7, 11) is 2.05. The molecular formula is C14H23NS. The summed E-state index contributed by atoms with van der Waals surface area (Å²) in [4.78, 5) is 1.41. The van der Waals surface area contributed by atoms with Crippen LogP contribution in [0.25, 0.3) is 0 Å². The zero-order valence-electron chi connectivity index (χ0n) is 11.0. The van der Waals surface area contributed by atoms with E-state index in [1.165, 1.54) is 22.4 Å². The standard InChI is InChI=1S/C14H23NS/c1-6-13(15-5)12(4)16-14-8-7-10(2)9-11(14)3/h7-9,12-13,15H,6H2,1-5H3. The molecule has 0 aliphatic rings. The Morgan fingerprint density at radius 3 is 2.50 bits per heavy atom. The highest BCUT2D eigenvalue weighted by Gasteiger charge is 2.15. The Kier molecular flexibility index (Phi) is 5.36. The van der Waals surface area contributed by atoms with Crippen LogP contribution in [0.3, 0.4) is 0 Å². The topological polar surface area (TPSA) is 12.0 Å². The molecule has 2 heteroatoms. The smallest absolute Gasteiger partial charge is 0.0220 e. The van der Waals surface area contributed by atoms with Crippen LogP contribution in [0.5, 0.6) is 0 Å². The van der Waals surface area contributed by atoms with E-state index >= 15 is 0 Å². The van der Waals surface area contributed by atoms with Crippen molar-refractivity contribution in [3.63, 3.8) is 0 Å². The Hall–Kier alpha value is -0.470. The third kappa shape index (κ3) is 3.53. The second-order valence-electron chi connectivity index (χ2n) is 4.40. The van der Waals surface area contributed by atoms with Crippen LogP contribution >= 0.6 is 11.8 Å². The van der Waals surface area contributed by atoms with Gasteiger partial charge in [0.2, 0.25) is 0 Å². The minimum atomic E-state index is 0.589. The first kappa shape index (κ1) is 13.6. The molecule has 0 heterocycles. The summed E-state index contributed by atoms with van der Waals surface area (Å²) in [5.74, 6) is 0. The fourth-order valence-electron chi connectivity index (χ4n) is 1.98. The van der Waals surface area contributed by atoms with Crippen LogP contribution in [0.15, 0.2) is 23.1 Å². The second kappa shape index (κ2) is 6.31. The molecule has 2 atom stereocenters. The van der Waals surface area contributed by atoms with Crippen molar-refractivity contribution in [2.75, 3.05) is 7.05 Å². The highest BCUT2D eigenvalue weighted by atomic mass is 32.2. The van der Waals surface area contributed by atoms with E-state index in [-0.39, 0.29) is 0 Å². The molecule has 1 rings (SSSR count). The summed E-state index contributed by atoms with van der Waals surface area (Å²) in [5.41, 5.74) is 2.73. The second-order valence-corrected chi connectivity index (χ2v) is 5.81. The van der Waals surface area contributed by atoms with Gasteiger partial charge in [-0.2, -0.15) is 0 Å². The maximum atomic E-state index is 3.38. The Labute approximate surface area is 104 Å². The number of thioether (sulfide) groups is 1. The molecule has 0 aliphatic heterocycles. The summed E-state index contributed by atoms with van der Waals surface area (Å²) in [6.45, 7) is 8.88. The highest BCUT2D eigenvalue weighted by molar-refractivity contribution is 8.00. The highest BCUT2D eigenvalue weighted by Crippen LogP contribution is 2.29. The average molecular weight is 237 g/mol. The van der Waals surface area contributed by atoms with E-state index in [2.05, 4.69) is 51.2 Å². The molecule has 2 unspecified atom stereocenters. The zero-order valence-corrected chi connectivity index (χ0v) is 11.8. The van der Waals surface area contributed by atoms with Crippen molar-refractivity contribution < 1.29 is 0 Å². The van der Waals surface area contributed by atoms with E-state index < -0.39 is 0 Å². The van der Waals surface area contributed by atoms with Crippen LogP contribution in [0, 0.1) is 13.8 Å². The predicted molar refractivity (Wildman–Crippen MR) is 74.4 cm³/mol. The van der Waals surface area contributed by atoms with Gasteiger partial charge in [-0.05, 0) is 38.9 Å². The molecule has 0 radical (unpaired) electrons. The number of nitrogens with one attached hydrogen (secondary N) is 1. The molecule has 16 heavy (non-hydrogen) atoms. The normalized spacial score (nSPS) is 14.8. The van der Waals surface area contributed by atoms with Crippen molar-refractivity contribution in [1.29, 1.82) is 0 Å². The van der Waals surface area contributed by atoms with Crippen LogP contribution in [-0.4, -0.2) is 18.3 Å². The first-order chi connectivity index (χ1) is 7.58. The summed E-state index contributed by atoms with van der Waals surface area (Å²) < 4.78 is 0. The first-order valence-electron chi connectivity index (χ1n) is 5.99. The maximum Gasteiger partial charge on any atom is 0.0220 e. The van der Waals surface area contributed by atoms with Crippen LogP contribution < -0.4 is 5.32 Å². The average Bonchev–Trinajstić information content (AvgIpc) is 2.24. The molecule has 0 bridgehead atoms. The van der Waals surface area contributed by atoms with Gasteiger partial charge in [0.25, 0.3) is 0 Å². The van der Waals surface area contributed by atoms with Crippen LogP contribution in [0.2, 0.25) is 0 Å². The Bertz CT molecular complexity index is 332. The Morgan fingerprint density at radius 1 is 1.31 bits per heavy atom. The molecular weight excluding hydrogens is 214 g/mol. The SMILES string of the molecule is CCC(NC)C(C)Sc1ccc(C)cc1C. The number of rotatable bonds is 5. The predicted octanol–water partition coefficient (Wildman–Crippen LogP) is 3.78. The van der Waals surface area contributed by atoms with Crippen molar-refractivity contribution in [2.45, 2.75) is 50.3 Å². The van der Waals surface area contributed by atoms with E-state index in [1.54, 1.807) is 0 Å². The maximum absolute atomic E-state index is 3.38. The van der Waals surface area contributed by atoms with Gasteiger partial charge in [0.05, 0.1) is 0 Å². The minimum Gasteiger partial charge on any atom is -0.316 e. The largest absolute Gasteiger partial charge is 0.316 e. The van der Waals surface area contributed by atoms with Crippen LogP contribution in [0.1, 0.15) is 31.4 Å². The quantitative estimate of drug-likeness (QED) is 0.782. The van der Waals surface area contributed by atoms with Gasteiger partial charge in [0.1, 0.15) is 0 Å². The number of aryl methyl sites for hydroxylation is 2. The van der Waals surface area contributed by atoms with E-state index in [9.17, 15) is 0 Å². The molecule has 0 spiro atoms. The Morgan fingerprint density at radius 2 is 2.00 bits per heavy atom. The summed E-state index contributed by atoms with van der Waals surface area (Å²) in [6.07, 6.45) is 1.18. The lowest BCUT2D eigenvalue weighted by atomic mass is 10.2. The molecule has 0 saturated carbocycles. The van der Waals surface area contributed by atoms with Gasteiger partial charge >= 0.3 is 0 Å². The van der Waals surface area contributed by atoms with Crippen molar-refractivity contribution >= 4 is 11.8 Å². The van der Waals surface area contributed by atoms with E-state index in [0.717, 1.165) is 0 Å². The molecule has 1 aromatic carbocycles. The molecule has 0 aliphatic carbocycles. The van der Waals surface area contributed by atoms with Crippen molar-refractivity contribution in [1.82, 2.24) is 5.32 Å². The number of hydrogen-bond acceptors (Lipinski definition) is 2. The molecule has 1 N–H and O–H groups in total. The third-order valence-electron chi connectivity index (χ3n) is 3.02. The van der Waals surface area contributed by atoms with Gasteiger partial charge in [0.15, 0.2) is 0 Å². The first-order valence-corrected chi connectivity index (χ1v) is 6.87. The van der Waals surface area contributed by atoms with Crippen molar-refractivity contribution in [3.05, 3.63) is 29.3 Å². The van der Waals surface area contributed by atoms with Crippen LogP contribution in [0.4, 0.5) is 0 Å². The number of hydrogen-bond donors (Lipinski definition) is 1. The molecule has 90 valence electrons. The lowest BCUT2D eigenvalue weighted by Gasteiger charge is -2.22. The van der Waals surface area contributed by atoms with Gasteiger partial charge in [-0.1, -0.05) is 31.5 Å². The summed E-state index contributed by atoms with van der Waals surface area (Å²) in [5, 5.41) is 3.99. The van der Waals surface area contributed by atoms with Gasteiger partial charge in [0, 0.05) is 16.2 Å². The monoisotopic (exact) mass is 237 g/mol. The molecule has 1 aromatic rings. The van der Waals surface area contributed by atoms with Crippen molar-refractivity contribution in [3.8, 4) is 0 Å². The molecule has 1 nitrogen and oxygen atoms in total. The zero-order chi connectivity index (χ0) is 12.1. The lowest BCUT2D eigenvalue weighted by Crippen LogP contribution is -2.33. The van der Waals surface area contributed by atoms with Crippen molar-refractivity contribution in [2.24, 2.45) is 0 Å². The molecule has 0 amide bonds.